The second-order valence-corrected chi connectivity index (χ2v) is 5.87. The lowest BCUT2D eigenvalue weighted by atomic mass is 10.2. The maximum absolute atomic E-state index is 13.2. The minimum absolute atomic E-state index is 0.0609. The van der Waals surface area contributed by atoms with Gasteiger partial charge in [0, 0.05) is 5.75 Å². The lowest BCUT2D eigenvalue weighted by molar-refractivity contribution is -0.286. The van der Waals surface area contributed by atoms with Gasteiger partial charge in [0.05, 0.1) is 5.56 Å². The zero-order valence-corrected chi connectivity index (χ0v) is 12.9. The Morgan fingerprint density at radius 1 is 0.958 bits per heavy atom. The van der Waals surface area contributed by atoms with Crippen molar-refractivity contribution >= 4 is 11.8 Å². The third kappa shape index (κ3) is 2.92. The molecule has 0 aliphatic carbocycles. The number of benzene rings is 2. The van der Waals surface area contributed by atoms with Crippen LogP contribution in [-0.2, 0) is 5.75 Å². The number of aromatic nitrogens is 2. The highest BCUT2D eigenvalue weighted by atomic mass is 32.2. The van der Waals surface area contributed by atoms with Gasteiger partial charge < -0.3 is 13.9 Å². The number of hydrogen-bond acceptors (Lipinski definition) is 6. The summed E-state index contributed by atoms with van der Waals surface area (Å²) in [6, 6.07) is 14.3. The first-order valence-electron chi connectivity index (χ1n) is 7.00. The van der Waals surface area contributed by atoms with E-state index in [9.17, 15) is 8.78 Å². The molecule has 0 spiro atoms. The van der Waals surface area contributed by atoms with E-state index < -0.39 is 6.29 Å². The summed E-state index contributed by atoms with van der Waals surface area (Å²) in [5.41, 5.74) is 1.38. The minimum atomic E-state index is -3.69. The fraction of sp³-hybridized carbons (Fsp3) is 0.125. The van der Waals surface area contributed by atoms with Crippen molar-refractivity contribution in [3.8, 4) is 23.0 Å². The number of halogens is 2. The number of para-hydroxylation sites is 1. The zero-order valence-electron chi connectivity index (χ0n) is 12.1. The van der Waals surface area contributed by atoms with Gasteiger partial charge in [-0.15, -0.1) is 19.0 Å². The molecule has 5 nitrogen and oxygen atoms in total. The fourth-order valence-corrected chi connectivity index (χ4v) is 2.95. The number of nitrogens with zero attached hydrogens (tertiary/aromatic N) is 2. The summed E-state index contributed by atoms with van der Waals surface area (Å²) in [6.45, 7) is 0. The van der Waals surface area contributed by atoms with Crippen molar-refractivity contribution in [1.82, 2.24) is 10.2 Å². The first-order valence-corrected chi connectivity index (χ1v) is 7.99. The smallest absolute Gasteiger partial charge is 0.411 e. The van der Waals surface area contributed by atoms with E-state index >= 15 is 0 Å². The summed E-state index contributed by atoms with van der Waals surface area (Å²) in [5, 5.41) is 8.18. The Morgan fingerprint density at radius 2 is 1.79 bits per heavy atom. The van der Waals surface area contributed by atoms with Crippen LogP contribution in [0.1, 0.15) is 5.56 Å². The third-order valence-corrected chi connectivity index (χ3v) is 4.16. The summed E-state index contributed by atoms with van der Waals surface area (Å²) in [5.74, 6) is 0.594. The molecule has 122 valence electrons. The molecule has 8 heteroatoms. The molecule has 0 bridgehead atoms. The van der Waals surface area contributed by atoms with Crippen molar-refractivity contribution in [2.75, 3.05) is 0 Å². The maximum Gasteiger partial charge on any atom is 0.586 e. The second kappa shape index (κ2) is 5.79. The number of ether oxygens (including phenoxy) is 2. The van der Waals surface area contributed by atoms with E-state index in [1.54, 1.807) is 12.1 Å². The third-order valence-electron chi connectivity index (χ3n) is 3.27. The van der Waals surface area contributed by atoms with Crippen LogP contribution < -0.4 is 9.47 Å². The average Bonchev–Trinajstić information content (AvgIpc) is 3.16. The van der Waals surface area contributed by atoms with Crippen LogP contribution in [0.4, 0.5) is 8.78 Å². The predicted molar refractivity (Wildman–Crippen MR) is 81.9 cm³/mol. The first-order chi connectivity index (χ1) is 11.6. The van der Waals surface area contributed by atoms with Crippen molar-refractivity contribution in [1.29, 1.82) is 0 Å². The maximum atomic E-state index is 13.2. The van der Waals surface area contributed by atoms with E-state index in [1.165, 1.54) is 17.8 Å². The zero-order chi connectivity index (χ0) is 16.6. The van der Waals surface area contributed by atoms with E-state index in [0.29, 0.717) is 11.0 Å². The van der Waals surface area contributed by atoms with Crippen LogP contribution in [0.25, 0.3) is 11.5 Å². The molecule has 2 aromatic carbocycles. The van der Waals surface area contributed by atoms with Crippen LogP contribution in [0.5, 0.6) is 11.5 Å². The summed E-state index contributed by atoms with van der Waals surface area (Å²) < 4.78 is 41.0. The molecule has 0 unspecified atom stereocenters. The molecule has 0 atom stereocenters. The van der Waals surface area contributed by atoms with Crippen molar-refractivity contribution in [3.05, 3.63) is 54.1 Å². The van der Waals surface area contributed by atoms with Crippen molar-refractivity contribution in [3.63, 3.8) is 0 Å². The van der Waals surface area contributed by atoms with Gasteiger partial charge >= 0.3 is 6.29 Å². The molecular formula is C16H10F2N2O3S. The molecule has 0 amide bonds. The molecule has 1 aliphatic rings. The highest BCUT2D eigenvalue weighted by Crippen LogP contribution is 2.46. The Labute approximate surface area is 139 Å². The summed E-state index contributed by atoms with van der Waals surface area (Å²) in [7, 11) is 0. The molecule has 0 fully saturated rings. The van der Waals surface area contributed by atoms with Gasteiger partial charge in [-0.2, -0.15) is 0 Å². The van der Waals surface area contributed by atoms with Crippen molar-refractivity contribution in [2.24, 2.45) is 0 Å². The van der Waals surface area contributed by atoms with Crippen LogP contribution in [0.2, 0.25) is 0 Å². The lowest BCUT2D eigenvalue weighted by Gasteiger charge is -2.05. The van der Waals surface area contributed by atoms with E-state index in [-0.39, 0.29) is 23.0 Å². The lowest BCUT2D eigenvalue weighted by Crippen LogP contribution is -2.26. The standard InChI is InChI=1S/C16H10F2N2O3S/c17-16(18)22-12-8-4-7-11(13(12)23-16)14-19-20-15(21-14)24-9-10-5-2-1-3-6-10/h1-8H,9H2. The van der Waals surface area contributed by atoms with E-state index in [0.717, 1.165) is 5.56 Å². The molecule has 0 N–H and O–H groups in total. The predicted octanol–water partition coefficient (Wildman–Crippen LogP) is 4.35. The molecule has 3 aromatic rings. The van der Waals surface area contributed by atoms with Crippen molar-refractivity contribution in [2.45, 2.75) is 17.3 Å². The average molecular weight is 348 g/mol. The molecule has 0 radical (unpaired) electrons. The van der Waals surface area contributed by atoms with Crippen LogP contribution in [0, 0.1) is 0 Å². The second-order valence-electron chi connectivity index (χ2n) is 4.95. The fourth-order valence-electron chi connectivity index (χ4n) is 2.23. The quantitative estimate of drug-likeness (QED) is 0.653. The van der Waals surface area contributed by atoms with Gasteiger partial charge in [0.25, 0.3) is 11.1 Å². The van der Waals surface area contributed by atoms with Gasteiger partial charge in [0.15, 0.2) is 11.5 Å². The Bertz CT molecular complexity index is 871. The molecule has 1 aliphatic heterocycles. The minimum Gasteiger partial charge on any atom is -0.411 e. The van der Waals surface area contributed by atoms with Crippen LogP contribution in [0.15, 0.2) is 58.2 Å². The molecular weight excluding hydrogens is 338 g/mol. The Hall–Kier alpha value is -2.61. The number of hydrogen-bond donors (Lipinski definition) is 0. The SMILES string of the molecule is FC1(F)Oc2cccc(-c3nnc(SCc4ccccc4)o3)c2O1. The topological polar surface area (TPSA) is 57.4 Å². The van der Waals surface area contributed by atoms with Gasteiger partial charge in [-0.3, -0.25) is 0 Å². The van der Waals surface area contributed by atoms with Crippen molar-refractivity contribution < 1.29 is 22.7 Å². The summed E-state index contributed by atoms with van der Waals surface area (Å²) in [6.07, 6.45) is -3.69. The Kier molecular flexibility index (Phi) is 3.61. The van der Waals surface area contributed by atoms with E-state index in [1.807, 2.05) is 30.3 Å². The van der Waals surface area contributed by atoms with Gasteiger partial charge in [0.2, 0.25) is 0 Å². The summed E-state index contributed by atoms with van der Waals surface area (Å²) >= 11 is 1.36. The molecule has 2 heterocycles. The molecule has 1 aromatic heterocycles. The number of fused-ring (bicyclic) bond motifs is 1. The normalized spacial score (nSPS) is 14.8. The Morgan fingerprint density at radius 3 is 2.62 bits per heavy atom. The number of rotatable bonds is 4. The number of thioether (sulfide) groups is 1. The van der Waals surface area contributed by atoms with Crippen LogP contribution in [-0.4, -0.2) is 16.5 Å². The molecule has 0 saturated carbocycles. The molecule has 4 rings (SSSR count). The Balaban J connectivity index is 1.55. The van der Waals surface area contributed by atoms with Gasteiger partial charge in [-0.1, -0.05) is 48.2 Å². The molecule has 24 heavy (non-hydrogen) atoms. The summed E-state index contributed by atoms with van der Waals surface area (Å²) in [4.78, 5) is 0. The van der Waals surface area contributed by atoms with Gasteiger partial charge in [0.1, 0.15) is 0 Å². The monoisotopic (exact) mass is 348 g/mol. The van der Waals surface area contributed by atoms with E-state index in [2.05, 4.69) is 19.7 Å². The highest BCUT2D eigenvalue weighted by Gasteiger charge is 2.45. The number of alkyl halides is 2. The van der Waals surface area contributed by atoms with Gasteiger partial charge in [-0.05, 0) is 17.7 Å². The first kappa shape index (κ1) is 14.9. The van der Waals surface area contributed by atoms with E-state index in [4.69, 9.17) is 4.42 Å². The van der Waals surface area contributed by atoms with Crippen LogP contribution >= 0.6 is 11.8 Å². The highest BCUT2D eigenvalue weighted by molar-refractivity contribution is 7.98. The largest absolute Gasteiger partial charge is 0.586 e. The van der Waals surface area contributed by atoms with Crippen LogP contribution in [0.3, 0.4) is 0 Å². The molecule has 0 saturated heterocycles. The van der Waals surface area contributed by atoms with Gasteiger partial charge in [-0.25, -0.2) is 0 Å².